The minimum absolute atomic E-state index is 0.145. The van der Waals surface area contributed by atoms with E-state index in [9.17, 15) is 13.2 Å². The van der Waals surface area contributed by atoms with Gasteiger partial charge in [-0.05, 0) is 62.1 Å². The lowest BCUT2D eigenvalue weighted by molar-refractivity contribution is -0.121. The van der Waals surface area contributed by atoms with Gasteiger partial charge in [-0.15, -0.1) is 0 Å². The molecule has 0 unspecified atom stereocenters. The molecule has 0 saturated carbocycles. The number of hydrogen-bond acceptors (Lipinski definition) is 4. The van der Waals surface area contributed by atoms with Crippen molar-refractivity contribution < 1.29 is 17.9 Å². The van der Waals surface area contributed by atoms with Gasteiger partial charge in [0.15, 0.2) is 0 Å². The van der Waals surface area contributed by atoms with Crippen LogP contribution in [0.15, 0.2) is 77.7 Å². The first-order chi connectivity index (χ1) is 17.2. The van der Waals surface area contributed by atoms with Crippen molar-refractivity contribution in [3.8, 4) is 5.75 Å². The Balaban J connectivity index is 1.68. The minimum Gasteiger partial charge on any atom is -0.487 e. The van der Waals surface area contributed by atoms with Gasteiger partial charge in [0, 0.05) is 12.0 Å². The number of carbonyl (C=O) groups excluding carboxylic acids is 1. The smallest absolute Gasteiger partial charge is 0.264 e. The maximum absolute atomic E-state index is 13.7. The van der Waals surface area contributed by atoms with Gasteiger partial charge < -0.3 is 10.1 Å². The molecule has 0 bridgehead atoms. The van der Waals surface area contributed by atoms with Crippen molar-refractivity contribution in [1.29, 1.82) is 0 Å². The van der Waals surface area contributed by atoms with Gasteiger partial charge in [-0.3, -0.25) is 9.10 Å². The molecular weight excluding hydrogens is 472 g/mol. The maximum atomic E-state index is 13.7. The summed E-state index contributed by atoms with van der Waals surface area (Å²) >= 11 is 0. The average Bonchev–Trinajstić information content (AvgIpc) is 2.89. The molecular formula is C29H34N2O4S. The molecule has 1 aliphatic heterocycles. The van der Waals surface area contributed by atoms with E-state index in [1.807, 2.05) is 56.3 Å². The molecule has 6 nitrogen and oxygen atoms in total. The number of para-hydroxylation sites is 1. The highest BCUT2D eigenvalue weighted by Gasteiger charge is 2.39. The molecule has 1 atom stereocenters. The monoisotopic (exact) mass is 506 g/mol. The summed E-state index contributed by atoms with van der Waals surface area (Å²) in [5, 5.41) is 3.13. The van der Waals surface area contributed by atoms with E-state index in [1.165, 1.54) is 4.31 Å². The summed E-state index contributed by atoms with van der Waals surface area (Å²) < 4.78 is 35.1. The molecule has 3 aromatic rings. The molecule has 0 saturated heterocycles. The second-order valence-corrected chi connectivity index (χ2v) is 11.3. The molecule has 190 valence electrons. The van der Waals surface area contributed by atoms with Gasteiger partial charge in [0.05, 0.1) is 16.6 Å². The van der Waals surface area contributed by atoms with E-state index in [4.69, 9.17) is 4.74 Å². The number of hydrogen-bond donors (Lipinski definition) is 1. The predicted molar refractivity (Wildman–Crippen MR) is 143 cm³/mol. The first kappa shape index (κ1) is 25.8. The molecule has 4 rings (SSSR count). The van der Waals surface area contributed by atoms with Crippen molar-refractivity contribution in [2.75, 3.05) is 10.8 Å². The number of anilines is 1. The van der Waals surface area contributed by atoms with Crippen LogP contribution in [0.1, 0.15) is 55.8 Å². The van der Waals surface area contributed by atoms with Crippen LogP contribution < -0.4 is 14.4 Å². The largest absolute Gasteiger partial charge is 0.487 e. The molecule has 1 heterocycles. The first-order valence-corrected chi connectivity index (χ1v) is 13.9. The predicted octanol–water partition coefficient (Wildman–Crippen LogP) is 5.70. The van der Waals surface area contributed by atoms with Crippen molar-refractivity contribution in [3.05, 3.63) is 89.5 Å². The Labute approximate surface area is 214 Å². The normalized spacial score (nSPS) is 16.5. The second-order valence-electron chi connectivity index (χ2n) is 9.47. The Kier molecular flexibility index (Phi) is 7.41. The van der Waals surface area contributed by atoms with Gasteiger partial charge in [0.25, 0.3) is 10.0 Å². The van der Waals surface area contributed by atoms with Gasteiger partial charge in [-0.25, -0.2) is 8.42 Å². The SMILES string of the molecule is CCC1(CC)C[C@H](NC(=O)CN(c2cc(C)ccc2C)S(=O)(=O)c2ccccc2)c2ccccc2O1. The third-order valence-electron chi connectivity index (χ3n) is 7.07. The number of benzene rings is 3. The van der Waals surface area contributed by atoms with Crippen LogP contribution in [-0.4, -0.2) is 26.5 Å². The molecule has 0 aromatic heterocycles. The molecule has 0 aliphatic carbocycles. The lowest BCUT2D eigenvalue weighted by Gasteiger charge is -2.41. The number of nitrogens with one attached hydrogen (secondary N) is 1. The topological polar surface area (TPSA) is 75.7 Å². The summed E-state index contributed by atoms with van der Waals surface area (Å²) in [6.07, 6.45) is 2.24. The average molecular weight is 507 g/mol. The highest BCUT2D eigenvalue weighted by atomic mass is 32.2. The van der Waals surface area contributed by atoms with Gasteiger partial charge in [-0.1, -0.05) is 62.4 Å². The Morgan fingerprint density at radius 3 is 2.36 bits per heavy atom. The third-order valence-corrected chi connectivity index (χ3v) is 8.85. The number of carbonyl (C=O) groups is 1. The van der Waals surface area contributed by atoms with Gasteiger partial charge in [0.2, 0.25) is 5.91 Å². The van der Waals surface area contributed by atoms with E-state index >= 15 is 0 Å². The fraction of sp³-hybridized carbons (Fsp3) is 0.345. The summed E-state index contributed by atoms with van der Waals surface area (Å²) in [7, 11) is -3.97. The molecule has 1 aliphatic rings. The molecule has 1 amide bonds. The van der Waals surface area contributed by atoms with Crippen LogP contribution in [0.2, 0.25) is 0 Å². The summed E-state index contributed by atoms with van der Waals surface area (Å²) in [5.74, 6) is 0.402. The van der Waals surface area contributed by atoms with Crippen molar-refractivity contribution in [2.45, 2.75) is 63.5 Å². The molecule has 3 aromatic carbocycles. The number of fused-ring (bicyclic) bond motifs is 1. The Hall–Kier alpha value is -3.32. The molecule has 0 spiro atoms. The number of sulfonamides is 1. The van der Waals surface area contributed by atoms with E-state index in [0.717, 1.165) is 35.3 Å². The third kappa shape index (κ3) is 5.12. The van der Waals surface area contributed by atoms with Crippen molar-refractivity contribution in [2.24, 2.45) is 0 Å². The standard InChI is InChI=1S/C29H34N2O4S/c1-5-29(6-2)19-25(24-14-10-11-15-27(24)35-29)30-28(32)20-31(26-18-21(3)16-17-22(26)4)36(33,34)23-12-8-7-9-13-23/h7-18,25H,5-6,19-20H2,1-4H3,(H,30,32)/t25-/m0/s1. The number of aryl methyl sites for hydroxylation is 2. The molecule has 36 heavy (non-hydrogen) atoms. The summed E-state index contributed by atoms with van der Waals surface area (Å²) in [6.45, 7) is 7.61. The summed E-state index contributed by atoms with van der Waals surface area (Å²) in [5.41, 5.74) is 2.72. The van der Waals surface area contributed by atoms with E-state index in [-0.39, 0.29) is 29.0 Å². The zero-order valence-corrected chi connectivity index (χ0v) is 22.1. The van der Waals surface area contributed by atoms with Gasteiger partial charge in [-0.2, -0.15) is 0 Å². The van der Waals surface area contributed by atoms with Crippen LogP contribution in [-0.2, 0) is 14.8 Å². The fourth-order valence-corrected chi connectivity index (χ4v) is 6.31. The van der Waals surface area contributed by atoms with Crippen LogP contribution in [0.3, 0.4) is 0 Å². The van der Waals surface area contributed by atoms with Crippen LogP contribution in [0, 0.1) is 13.8 Å². The van der Waals surface area contributed by atoms with Crippen LogP contribution in [0.4, 0.5) is 5.69 Å². The fourth-order valence-electron chi connectivity index (χ4n) is 4.81. The van der Waals surface area contributed by atoms with E-state index in [2.05, 4.69) is 19.2 Å². The highest BCUT2D eigenvalue weighted by molar-refractivity contribution is 7.92. The summed E-state index contributed by atoms with van der Waals surface area (Å²) in [4.78, 5) is 13.7. The van der Waals surface area contributed by atoms with E-state index in [1.54, 1.807) is 30.3 Å². The summed E-state index contributed by atoms with van der Waals surface area (Å²) in [6, 6.07) is 21.3. The Morgan fingerprint density at radius 2 is 1.67 bits per heavy atom. The van der Waals surface area contributed by atoms with Crippen LogP contribution in [0.5, 0.6) is 5.75 Å². The second kappa shape index (κ2) is 10.3. The molecule has 0 radical (unpaired) electrons. The Morgan fingerprint density at radius 1 is 1.00 bits per heavy atom. The van der Waals surface area contributed by atoms with Crippen molar-refractivity contribution >= 4 is 21.6 Å². The zero-order valence-electron chi connectivity index (χ0n) is 21.3. The zero-order chi connectivity index (χ0) is 25.9. The van der Waals surface area contributed by atoms with Crippen LogP contribution in [0.25, 0.3) is 0 Å². The quantitative estimate of drug-likeness (QED) is 0.425. The maximum Gasteiger partial charge on any atom is 0.264 e. The van der Waals surface area contributed by atoms with E-state index in [0.29, 0.717) is 12.1 Å². The number of ether oxygens (including phenoxy) is 1. The number of nitrogens with zero attached hydrogens (tertiary/aromatic N) is 1. The van der Waals surface area contributed by atoms with Crippen LogP contribution >= 0.6 is 0 Å². The molecule has 7 heteroatoms. The minimum atomic E-state index is -3.97. The van der Waals surface area contributed by atoms with E-state index < -0.39 is 10.0 Å². The molecule has 1 N–H and O–H groups in total. The first-order valence-electron chi connectivity index (χ1n) is 12.4. The Bertz CT molecular complexity index is 1330. The van der Waals surface area contributed by atoms with Gasteiger partial charge >= 0.3 is 0 Å². The molecule has 0 fully saturated rings. The van der Waals surface area contributed by atoms with Crippen molar-refractivity contribution in [1.82, 2.24) is 5.32 Å². The number of rotatable bonds is 8. The van der Waals surface area contributed by atoms with Gasteiger partial charge in [0.1, 0.15) is 17.9 Å². The lowest BCUT2D eigenvalue weighted by Crippen LogP contribution is -2.47. The number of amides is 1. The van der Waals surface area contributed by atoms with Crippen molar-refractivity contribution in [3.63, 3.8) is 0 Å². The lowest BCUT2D eigenvalue weighted by atomic mass is 9.83. The highest BCUT2D eigenvalue weighted by Crippen LogP contribution is 2.42.